The first-order valence-electron chi connectivity index (χ1n) is 18.6. The fourth-order valence-corrected chi connectivity index (χ4v) is 7.41. The molecule has 7 heteroatoms. The van der Waals surface area contributed by atoms with Crippen molar-refractivity contribution in [3.63, 3.8) is 0 Å². The van der Waals surface area contributed by atoms with Gasteiger partial charge in [0.1, 0.15) is 0 Å². The third-order valence-electron chi connectivity index (χ3n) is 10.7. The molecule has 0 radical (unpaired) electrons. The largest absolute Gasteiger partial charge is 2.00 e. The number of aliphatic imine (C=N–C) groups is 2. The Labute approximate surface area is 328 Å². The molecule has 0 N–H and O–H groups in total. The van der Waals surface area contributed by atoms with Gasteiger partial charge in [-0.05, 0) is 104 Å². The zero-order valence-electron chi connectivity index (χ0n) is 31.7. The van der Waals surface area contributed by atoms with E-state index in [2.05, 4.69) is 90.1 Å². The summed E-state index contributed by atoms with van der Waals surface area (Å²) in [6, 6.07) is 31.1. The summed E-state index contributed by atoms with van der Waals surface area (Å²) in [4.78, 5) is 21.0. The molecule has 6 nitrogen and oxygen atoms in total. The molecule has 0 atom stereocenters. The zero-order chi connectivity index (χ0) is 37.1. The quantitative estimate of drug-likeness (QED) is 0.182. The molecule has 7 rings (SSSR count). The first-order valence-corrected chi connectivity index (χ1v) is 18.6. The van der Waals surface area contributed by atoms with E-state index in [1.165, 1.54) is 11.1 Å². The maximum absolute atomic E-state index is 8.29. The molecule has 270 valence electrons. The maximum Gasteiger partial charge on any atom is 2.00 e. The average Bonchev–Trinajstić information content (AvgIpc) is 4.05. The van der Waals surface area contributed by atoms with E-state index >= 15 is 0 Å². The van der Waals surface area contributed by atoms with Crippen LogP contribution in [0.5, 0.6) is 0 Å². The Morgan fingerprint density at radius 2 is 0.887 bits per heavy atom. The number of rotatable bonds is 6. The smallest absolute Gasteiger partial charge is 0.660 e. The molecule has 0 amide bonds. The Morgan fingerprint density at radius 3 is 1.19 bits per heavy atom. The van der Waals surface area contributed by atoms with E-state index in [1.54, 1.807) is 24.3 Å². The van der Waals surface area contributed by atoms with E-state index < -0.39 is 0 Å². The van der Waals surface area contributed by atoms with Crippen LogP contribution in [0.1, 0.15) is 114 Å². The molecule has 0 spiro atoms. The van der Waals surface area contributed by atoms with Crippen LogP contribution in [0.3, 0.4) is 0 Å². The monoisotopic (exact) mass is 786 g/mol. The number of benzene rings is 2. The van der Waals surface area contributed by atoms with Gasteiger partial charge in [0.25, 0.3) is 0 Å². The van der Waals surface area contributed by atoms with Crippen molar-refractivity contribution in [3.8, 4) is 12.1 Å². The van der Waals surface area contributed by atoms with E-state index in [0.717, 1.165) is 84.1 Å². The summed E-state index contributed by atoms with van der Waals surface area (Å²) in [5.41, 5.74) is 12.0. The number of fused-ring (bicyclic) bond motifs is 6. The molecule has 8 bridgehead atoms. The molecule has 2 aromatic carbocycles. The van der Waals surface area contributed by atoms with Crippen molar-refractivity contribution in [1.29, 1.82) is 10.5 Å². The van der Waals surface area contributed by atoms with Crippen LogP contribution in [0.2, 0.25) is 0 Å². The Balaban J connectivity index is 0.000000303. The van der Waals surface area contributed by atoms with Crippen LogP contribution in [0.15, 0.2) is 131 Å². The van der Waals surface area contributed by atoms with Crippen LogP contribution in [-0.4, -0.2) is 11.4 Å². The Hall–Kier alpha value is -5.10. The van der Waals surface area contributed by atoms with Crippen LogP contribution in [-0.2, 0) is 24.9 Å². The zero-order valence-corrected chi connectivity index (χ0v) is 33.4. The Kier molecular flexibility index (Phi) is 14.3. The molecular weight excluding hydrogens is 738 g/mol. The summed E-state index contributed by atoms with van der Waals surface area (Å²) >= 11 is 0. The molecule has 0 saturated carbocycles. The predicted octanol–water partition coefficient (Wildman–Crippen LogP) is 10.9. The minimum absolute atomic E-state index is 0. The maximum atomic E-state index is 8.29. The van der Waals surface area contributed by atoms with Gasteiger partial charge in [0.15, 0.2) is 0 Å². The second-order valence-corrected chi connectivity index (χ2v) is 13.1. The van der Waals surface area contributed by atoms with Crippen molar-refractivity contribution in [1.82, 2.24) is 9.97 Å². The topological polar surface area (TPSA) is 100 Å². The van der Waals surface area contributed by atoms with E-state index in [4.69, 9.17) is 30.5 Å². The Morgan fingerprint density at radius 1 is 0.509 bits per heavy atom. The summed E-state index contributed by atoms with van der Waals surface area (Å²) < 4.78 is 0. The van der Waals surface area contributed by atoms with Gasteiger partial charge in [0.05, 0.1) is 51.5 Å². The van der Waals surface area contributed by atoms with E-state index in [-0.39, 0.29) is 30.3 Å². The number of allylic oxidation sites excluding steroid dienone is 6. The summed E-state index contributed by atoms with van der Waals surface area (Å²) in [6.45, 7) is 13.4. The minimum Gasteiger partial charge on any atom is -0.660 e. The van der Waals surface area contributed by atoms with Gasteiger partial charge in [0, 0.05) is 0 Å². The number of hydrogen-bond donors (Lipinski definition) is 0. The molecule has 2 aromatic heterocycles. The first kappa shape index (κ1) is 40.7. The molecule has 0 unspecified atom stereocenters. The van der Waals surface area contributed by atoms with Gasteiger partial charge in [-0.3, -0.25) is 9.98 Å². The third-order valence-corrected chi connectivity index (χ3v) is 10.7. The normalized spacial score (nSPS) is 18.6. The molecule has 0 aliphatic carbocycles. The van der Waals surface area contributed by atoms with E-state index in [0.29, 0.717) is 11.1 Å². The summed E-state index contributed by atoms with van der Waals surface area (Å²) in [6.07, 6.45) is 14.4. The van der Waals surface area contributed by atoms with Gasteiger partial charge in [-0.1, -0.05) is 102 Å². The van der Waals surface area contributed by atoms with Gasteiger partial charge in [-0.15, -0.1) is 11.4 Å². The van der Waals surface area contributed by atoms with Crippen molar-refractivity contribution in [3.05, 3.63) is 155 Å². The number of hydrogen-bond acceptors (Lipinski definition) is 4. The van der Waals surface area contributed by atoms with Gasteiger partial charge in [-0.2, -0.15) is 21.9 Å². The SMILES string of the molecule is CC/C1=C2\C=CC(=N2)C(CC)(CC)C2=N/C(=C(/CC)c3ccc([n-]3)C(CC)(CC)c3ccc1[n-]3)C=C2.N#Cc1ccccc1.N#Cc1ccccc1.[Ru+2]. The van der Waals surface area contributed by atoms with Crippen molar-refractivity contribution >= 4 is 22.6 Å². The molecule has 5 heterocycles. The molecule has 3 aliphatic heterocycles. The molecular formula is C46H48N6Ru. The predicted molar refractivity (Wildman–Crippen MR) is 214 cm³/mol. The van der Waals surface area contributed by atoms with Crippen LogP contribution < -0.4 is 9.97 Å². The molecule has 0 fully saturated rings. The first-order chi connectivity index (χ1) is 25.4. The number of aromatic nitrogens is 2. The Bertz CT molecular complexity index is 1970. The van der Waals surface area contributed by atoms with Gasteiger partial charge in [0.2, 0.25) is 0 Å². The summed E-state index contributed by atoms with van der Waals surface area (Å²) in [5, 5.41) is 16.6. The fourth-order valence-electron chi connectivity index (χ4n) is 7.41. The molecule has 3 aliphatic rings. The van der Waals surface area contributed by atoms with Crippen molar-refractivity contribution < 1.29 is 19.5 Å². The van der Waals surface area contributed by atoms with Gasteiger partial charge in [-0.25, -0.2) is 0 Å². The van der Waals surface area contributed by atoms with Gasteiger partial charge >= 0.3 is 19.5 Å². The van der Waals surface area contributed by atoms with Crippen LogP contribution in [0.4, 0.5) is 0 Å². The molecule has 0 saturated heterocycles. The molecule has 4 aromatic rings. The number of nitriles is 2. The fraction of sp³-hybridized carbons (Fsp3) is 0.304. The van der Waals surface area contributed by atoms with Crippen LogP contribution >= 0.6 is 0 Å². The second-order valence-electron chi connectivity index (χ2n) is 13.1. The minimum atomic E-state index is -0.208. The average molecular weight is 786 g/mol. The van der Waals surface area contributed by atoms with Gasteiger partial charge < -0.3 is 9.97 Å². The number of nitrogens with zero attached hydrogens (tertiary/aromatic N) is 6. The van der Waals surface area contributed by atoms with Crippen molar-refractivity contribution in [2.45, 2.75) is 85.5 Å². The summed E-state index contributed by atoms with van der Waals surface area (Å²) in [5.74, 6) is 0. The summed E-state index contributed by atoms with van der Waals surface area (Å²) in [7, 11) is 0. The van der Waals surface area contributed by atoms with E-state index in [9.17, 15) is 0 Å². The second kappa shape index (κ2) is 18.6. The van der Waals surface area contributed by atoms with Crippen LogP contribution in [0.25, 0.3) is 11.1 Å². The van der Waals surface area contributed by atoms with Crippen molar-refractivity contribution in [2.24, 2.45) is 15.4 Å². The molecule has 53 heavy (non-hydrogen) atoms. The van der Waals surface area contributed by atoms with Crippen molar-refractivity contribution in [2.75, 3.05) is 0 Å². The van der Waals surface area contributed by atoms with E-state index in [1.807, 2.05) is 48.5 Å². The third kappa shape index (κ3) is 8.28. The standard InChI is InChI=1S/C32H38N4.2C7H5N.Ru/c1-7-21-23-13-17-27(33-23)31(9-3,10-4)29-19-15-25(35-29)22(8-2)26-16-20-30(36-26)32(11-5,12-6)28-18-14-24(21)34-28;2*8-6-7-4-2-1-3-5-7;/h13-20H,7-12H2,1-6H3;2*1-5H;/q-2;;;+2/b23-21-,25-22-;;;. The van der Waals surface area contributed by atoms with Crippen LogP contribution in [0, 0.1) is 28.1 Å².